The number of rotatable bonds is 3. The first-order valence-electron chi connectivity index (χ1n) is 3.39. The predicted molar refractivity (Wildman–Crippen MR) is 44.9 cm³/mol. The highest BCUT2D eigenvalue weighted by molar-refractivity contribution is 5.94. The number of ether oxygens (including phenoxy) is 1. The van der Waals surface area contributed by atoms with Gasteiger partial charge in [-0.2, -0.15) is 0 Å². The average molecular weight is 188 g/mol. The van der Waals surface area contributed by atoms with Crippen molar-refractivity contribution >= 4 is 17.7 Å². The van der Waals surface area contributed by atoms with Crippen molar-refractivity contribution in [2.45, 2.75) is 20.3 Å². The van der Waals surface area contributed by atoms with Crippen molar-refractivity contribution in [1.29, 1.82) is 0 Å². The second-order valence-electron chi connectivity index (χ2n) is 2.05. The summed E-state index contributed by atoms with van der Waals surface area (Å²) in [6.07, 6.45) is 0.831. The van der Waals surface area contributed by atoms with E-state index in [0.717, 1.165) is 13.2 Å². The molecule has 0 aliphatic heterocycles. The van der Waals surface area contributed by atoms with Crippen LogP contribution in [-0.4, -0.2) is 22.8 Å². The van der Waals surface area contributed by atoms with Gasteiger partial charge >= 0.3 is 5.97 Å². The van der Waals surface area contributed by atoms with E-state index in [0.29, 0.717) is 0 Å². The van der Waals surface area contributed by atoms with E-state index in [1.807, 2.05) is 0 Å². The Labute approximate surface area is 76.0 Å². The molecule has 0 rings (SSSR count). The summed E-state index contributed by atoms with van der Waals surface area (Å²) in [6.45, 7) is 5.56. The lowest BCUT2D eigenvalue weighted by Crippen LogP contribution is -2.04. The molecule has 74 valence electrons. The van der Waals surface area contributed by atoms with Gasteiger partial charge in [0.25, 0.3) is 5.97 Å². The van der Waals surface area contributed by atoms with Gasteiger partial charge in [0.15, 0.2) is 0 Å². The van der Waals surface area contributed by atoms with E-state index in [2.05, 4.69) is 11.3 Å². The minimum absolute atomic E-state index is 0.175. The summed E-state index contributed by atoms with van der Waals surface area (Å²) in [5, 5.41) is 7.42. The smallest absolute Gasteiger partial charge is 0.318 e. The molecule has 1 N–H and O–H groups in total. The van der Waals surface area contributed by atoms with Gasteiger partial charge in [-0.15, -0.1) is 0 Å². The Balaban J connectivity index is 0. The molecule has 0 radical (unpaired) electrons. The Kier molecular flexibility index (Phi) is 9.04. The molecule has 5 heteroatoms. The van der Waals surface area contributed by atoms with Crippen molar-refractivity contribution in [2.75, 3.05) is 0 Å². The number of ketones is 1. The molecule has 0 fully saturated rings. The molecule has 0 saturated carbocycles. The quantitative estimate of drug-likeness (QED) is 0.401. The van der Waals surface area contributed by atoms with E-state index in [1.54, 1.807) is 0 Å². The van der Waals surface area contributed by atoms with Crippen LogP contribution >= 0.6 is 0 Å². The van der Waals surface area contributed by atoms with Crippen LogP contribution in [0, 0.1) is 0 Å². The molecular weight excluding hydrogens is 176 g/mol. The summed E-state index contributed by atoms with van der Waals surface area (Å²) >= 11 is 0. The topological polar surface area (TPSA) is 80.7 Å². The van der Waals surface area contributed by atoms with Crippen LogP contribution in [0.3, 0.4) is 0 Å². The van der Waals surface area contributed by atoms with Crippen molar-refractivity contribution in [3.63, 3.8) is 0 Å². The lowest BCUT2D eigenvalue weighted by Gasteiger charge is -1.92. The van der Waals surface area contributed by atoms with Gasteiger partial charge in [0.05, 0.1) is 6.26 Å². The van der Waals surface area contributed by atoms with E-state index in [1.165, 1.54) is 6.92 Å². The highest BCUT2D eigenvalue weighted by Crippen LogP contribution is 1.86. The number of aliphatic carboxylic acids is 1. The van der Waals surface area contributed by atoms with E-state index in [4.69, 9.17) is 9.90 Å². The van der Waals surface area contributed by atoms with Crippen molar-refractivity contribution in [3.8, 4) is 0 Å². The first kappa shape index (κ1) is 13.9. The molecule has 0 heterocycles. The molecule has 0 bridgehead atoms. The molecule has 5 nitrogen and oxygen atoms in total. The lowest BCUT2D eigenvalue weighted by molar-refractivity contribution is -0.140. The minimum atomic E-state index is -0.833. The van der Waals surface area contributed by atoms with Gasteiger partial charge in [0.2, 0.25) is 0 Å². The molecule has 0 spiro atoms. The Morgan fingerprint density at radius 3 is 2.00 bits per heavy atom. The highest BCUT2D eigenvalue weighted by atomic mass is 16.5. The molecule has 0 aliphatic rings. The number of Topliss-reactive ketones (excluding diaryl/α,β-unsaturated/α-hetero) is 1. The molecule has 0 aromatic heterocycles. The Morgan fingerprint density at radius 2 is 1.77 bits per heavy atom. The third-order valence-electron chi connectivity index (χ3n) is 0.608. The molecule has 13 heavy (non-hydrogen) atoms. The number of esters is 1. The van der Waals surface area contributed by atoms with Gasteiger partial charge in [-0.25, -0.2) is 0 Å². The molecule has 0 aromatic carbocycles. The van der Waals surface area contributed by atoms with Crippen molar-refractivity contribution in [1.82, 2.24) is 0 Å². The first-order chi connectivity index (χ1) is 5.90. The summed E-state index contributed by atoms with van der Waals surface area (Å²) in [6, 6.07) is 0. The maximum absolute atomic E-state index is 10.3. The third-order valence-corrected chi connectivity index (χ3v) is 0.608. The SMILES string of the molecule is C=COC(=O)CC(C)=O.CC(=O)O. The van der Waals surface area contributed by atoms with Crippen LogP contribution in [0.5, 0.6) is 0 Å². The number of carbonyl (C=O) groups is 3. The molecule has 0 aliphatic carbocycles. The Hall–Kier alpha value is -1.65. The number of carboxylic acid groups (broad SMARTS) is 1. The van der Waals surface area contributed by atoms with E-state index >= 15 is 0 Å². The zero-order valence-electron chi connectivity index (χ0n) is 7.57. The van der Waals surface area contributed by atoms with E-state index in [-0.39, 0.29) is 12.2 Å². The standard InChI is InChI=1S/C6H8O3.C2H4O2/c1-3-9-6(8)4-5(2)7;1-2(3)4/h3H,1,4H2,2H3;1H3,(H,3,4). The fourth-order valence-electron chi connectivity index (χ4n) is 0.338. The largest absolute Gasteiger partial charge is 0.481 e. The summed E-state index contributed by atoms with van der Waals surface area (Å²) in [7, 11) is 0. The second kappa shape index (κ2) is 8.45. The highest BCUT2D eigenvalue weighted by Gasteiger charge is 2.02. The van der Waals surface area contributed by atoms with Crippen LogP contribution in [0.2, 0.25) is 0 Å². The number of carbonyl (C=O) groups excluding carboxylic acids is 2. The normalized spacial score (nSPS) is 7.54. The van der Waals surface area contributed by atoms with Gasteiger partial charge in [-0.05, 0) is 6.92 Å². The lowest BCUT2D eigenvalue weighted by atomic mass is 10.3. The molecule has 0 amide bonds. The summed E-state index contributed by atoms with van der Waals surface area (Å²) < 4.78 is 4.26. The zero-order valence-corrected chi connectivity index (χ0v) is 7.57. The zero-order chi connectivity index (χ0) is 10.9. The van der Waals surface area contributed by atoms with Crippen molar-refractivity contribution < 1.29 is 24.2 Å². The fourth-order valence-corrected chi connectivity index (χ4v) is 0.338. The predicted octanol–water partition coefficient (Wildman–Crippen LogP) is 0.743. The average Bonchev–Trinajstić information content (AvgIpc) is 1.83. The molecular formula is C8H12O5. The molecule has 0 saturated heterocycles. The van der Waals surface area contributed by atoms with Crippen LogP contribution in [0.4, 0.5) is 0 Å². The van der Waals surface area contributed by atoms with Crippen LogP contribution < -0.4 is 0 Å². The fraction of sp³-hybridized carbons (Fsp3) is 0.375. The summed E-state index contributed by atoms with van der Waals surface area (Å²) in [4.78, 5) is 29.5. The minimum Gasteiger partial charge on any atom is -0.481 e. The first-order valence-corrected chi connectivity index (χ1v) is 3.39. The second-order valence-corrected chi connectivity index (χ2v) is 2.05. The van der Waals surface area contributed by atoms with Crippen molar-refractivity contribution in [3.05, 3.63) is 12.8 Å². The van der Waals surface area contributed by atoms with Gasteiger partial charge in [-0.3, -0.25) is 14.4 Å². The van der Waals surface area contributed by atoms with Crippen LogP contribution in [-0.2, 0) is 19.1 Å². The molecule has 0 atom stereocenters. The van der Waals surface area contributed by atoms with Crippen LogP contribution in [0.1, 0.15) is 20.3 Å². The maximum atomic E-state index is 10.3. The van der Waals surface area contributed by atoms with Gasteiger partial charge in [0.1, 0.15) is 12.2 Å². The van der Waals surface area contributed by atoms with E-state index < -0.39 is 11.9 Å². The number of hydrogen-bond donors (Lipinski definition) is 1. The number of hydrogen-bond acceptors (Lipinski definition) is 4. The third kappa shape index (κ3) is 25.2. The van der Waals surface area contributed by atoms with Gasteiger partial charge in [-0.1, -0.05) is 6.58 Å². The summed E-state index contributed by atoms with van der Waals surface area (Å²) in [5.41, 5.74) is 0. The van der Waals surface area contributed by atoms with Gasteiger partial charge < -0.3 is 9.84 Å². The Morgan fingerprint density at radius 1 is 1.38 bits per heavy atom. The monoisotopic (exact) mass is 188 g/mol. The summed E-state index contributed by atoms with van der Waals surface area (Å²) in [5.74, 6) is -1.60. The Bertz CT molecular complexity index is 203. The van der Waals surface area contributed by atoms with Crippen LogP contribution in [0.25, 0.3) is 0 Å². The molecule has 0 aromatic rings. The number of carboxylic acids is 1. The maximum Gasteiger partial charge on any atom is 0.318 e. The van der Waals surface area contributed by atoms with Crippen LogP contribution in [0.15, 0.2) is 12.8 Å². The van der Waals surface area contributed by atoms with Gasteiger partial charge in [0, 0.05) is 6.92 Å². The van der Waals surface area contributed by atoms with Crippen molar-refractivity contribution in [2.24, 2.45) is 0 Å². The molecule has 0 unspecified atom stereocenters. The van der Waals surface area contributed by atoms with E-state index in [9.17, 15) is 9.59 Å².